The molecule has 1 heterocycles. The minimum atomic E-state index is 0.321. The molecule has 2 rings (SSSR count). The summed E-state index contributed by atoms with van der Waals surface area (Å²) in [5, 5.41) is 4.56. The molecule has 0 unspecified atom stereocenters. The van der Waals surface area contributed by atoms with Crippen LogP contribution >= 0.6 is 0 Å². The smallest absolute Gasteiger partial charge is 0.121 e. The SMILES string of the molecule is CCCC[C@@H](N)CCCNc1cc(OC)cc2cccnc12. The van der Waals surface area contributed by atoms with E-state index in [0.29, 0.717) is 6.04 Å². The molecule has 4 heteroatoms. The second-order valence-electron chi connectivity index (χ2n) is 5.72. The second kappa shape index (κ2) is 8.59. The molecule has 0 fully saturated rings. The van der Waals surface area contributed by atoms with Crippen LogP contribution in [0.1, 0.15) is 39.0 Å². The lowest BCUT2D eigenvalue weighted by atomic mass is 10.1. The van der Waals surface area contributed by atoms with Gasteiger partial charge in [0.15, 0.2) is 0 Å². The van der Waals surface area contributed by atoms with Crippen molar-refractivity contribution >= 4 is 16.6 Å². The largest absolute Gasteiger partial charge is 0.497 e. The Hall–Kier alpha value is -1.81. The molecular weight excluding hydrogens is 274 g/mol. The Bertz CT molecular complexity index is 586. The van der Waals surface area contributed by atoms with Crippen LogP contribution in [0.3, 0.4) is 0 Å². The van der Waals surface area contributed by atoms with E-state index in [0.717, 1.165) is 48.1 Å². The molecule has 0 spiro atoms. The fourth-order valence-corrected chi connectivity index (χ4v) is 2.62. The van der Waals surface area contributed by atoms with Gasteiger partial charge in [0, 0.05) is 30.2 Å². The number of anilines is 1. The van der Waals surface area contributed by atoms with Crippen molar-refractivity contribution in [3.05, 3.63) is 30.5 Å². The Morgan fingerprint density at radius 2 is 2.09 bits per heavy atom. The summed E-state index contributed by atoms with van der Waals surface area (Å²) >= 11 is 0. The molecule has 4 nitrogen and oxygen atoms in total. The Kier molecular flexibility index (Phi) is 6.46. The van der Waals surface area contributed by atoms with Gasteiger partial charge in [-0.05, 0) is 31.4 Å². The van der Waals surface area contributed by atoms with Crippen LogP contribution in [0.25, 0.3) is 10.9 Å². The number of aromatic nitrogens is 1. The van der Waals surface area contributed by atoms with Gasteiger partial charge in [-0.1, -0.05) is 25.8 Å². The van der Waals surface area contributed by atoms with Crippen LogP contribution in [0.4, 0.5) is 5.69 Å². The molecule has 1 aromatic carbocycles. The fourth-order valence-electron chi connectivity index (χ4n) is 2.62. The third kappa shape index (κ3) is 4.60. The van der Waals surface area contributed by atoms with Gasteiger partial charge in [-0.15, -0.1) is 0 Å². The predicted octanol–water partition coefficient (Wildman–Crippen LogP) is 3.95. The van der Waals surface area contributed by atoms with Gasteiger partial charge in [-0.3, -0.25) is 4.98 Å². The Balaban J connectivity index is 1.93. The third-order valence-corrected chi connectivity index (χ3v) is 3.91. The van der Waals surface area contributed by atoms with Gasteiger partial charge in [0.05, 0.1) is 18.3 Å². The van der Waals surface area contributed by atoms with E-state index in [1.54, 1.807) is 7.11 Å². The third-order valence-electron chi connectivity index (χ3n) is 3.91. The maximum absolute atomic E-state index is 6.12. The highest BCUT2D eigenvalue weighted by molar-refractivity contribution is 5.91. The number of unbranched alkanes of at least 4 members (excludes halogenated alkanes) is 1. The number of methoxy groups -OCH3 is 1. The number of pyridine rings is 1. The lowest BCUT2D eigenvalue weighted by Gasteiger charge is -2.13. The van der Waals surface area contributed by atoms with Gasteiger partial charge in [-0.25, -0.2) is 0 Å². The second-order valence-corrected chi connectivity index (χ2v) is 5.72. The highest BCUT2D eigenvalue weighted by atomic mass is 16.5. The number of hydrogen-bond donors (Lipinski definition) is 2. The topological polar surface area (TPSA) is 60.2 Å². The summed E-state index contributed by atoms with van der Waals surface area (Å²) in [5.74, 6) is 0.850. The molecule has 0 radical (unpaired) electrons. The van der Waals surface area contributed by atoms with Crippen molar-refractivity contribution in [2.75, 3.05) is 19.0 Å². The molecular formula is C18H27N3O. The zero-order valence-electron chi connectivity index (χ0n) is 13.6. The summed E-state index contributed by atoms with van der Waals surface area (Å²) in [6.07, 6.45) is 7.51. The van der Waals surface area contributed by atoms with Crippen molar-refractivity contribution in [1.29, 1.82) is 0 Å². The van der Waals surface area contributed by atoms with E-state index in [1.807, 2.05) is 24.4 Å². The number of hydrogen-bond acceptors (Lipinski definition) is 4. The van der Waals surface area contributed by atoms with Crippen LogP contribution in [0.2, 0.25) is 0 Å². The molecule has 0 aliphatic carbocycles. The van der Waals surface area contributed by atoms with E-state index in [2.05, 4.69) is 23.3 Å². The van der Waals surface area contributed by atoms with Crippen molar-refractivity contribution in [1.82, 2.24) is 4.98 Å². The molecule has 0 aliphatic heterocycles. The molecule has 0 aliphatic rings. The lowest BCUT2D eigenvalue weighted by molar-refractivity contribution is 0.415. The zero-order valence-corrected chi connectivity index (χ0v) is 13.6. The van der Waals surface area contributed by atoms with Crippen LogP contribution in [-0.4, -0.2) is 24.7 Å². The number of fused-ring (bicyclic) bond motifs is 1. The highest BCUT2D eigenvalue weighted by Gasteiger charge is 2.06. The minimum Gasteiger partial charge on any atom is -0.497 e. The van der Waals surface area contributed by atoms with Gasteiger partial charge in [0.25, 0.3) is 0 Å². The summed E-state index contributed by atoms with van der Waals surface area (Å²) < 4.78 is 5.36. The molecule has 2 aromatic rings. The van der Waals surface area contributed by atoms with E-state index >= 15 is 0 Å². The predicted molar refractivity (Wildman–Crippen MR) is 93.5 cm³/mol. The Labute approximate surface area is 133 Å². The average molecular weight is 301 g/mol. The van der Waals surface area contributed by atoms with Crippen LogP contribution in [0, 0.1) is 0 Å². The van der Waals surface area contributed by atoms with E-state index in [4.69, 9.17) is 10.5 Å². The molecule has 120 valence electrons. The molecule has 0 saturated heterocycles. The number of ether oxygens (including phenoxy) is 1. The van der Waals surface area contributed by atoms with Crippen molar-refractivity contribution in [2.45, 2.75) is 45.1 Å². The molecule has 0 bridgehead atoms. The number of benzene rings is 1. The molecule has 1 atom stereocenters. The van der Waals surface area contributed by atoms with E-state index in [9.17, 15) is 0 Å². The maximum Gasteiger partial charge on any atom is 0.121 e. The van der Waals surface area contributed by atoms with Crippen molar-refractivity contribution in [3.63, 3.8) is 0 Å². The van der Waals surface area contributed by atoms with Gasteiger partial charge < -0.3 is 15.8 Å². The number of rotatable bonds is 9. The average Bonchev–Trinajstić information content (AvgIpc) is 2.56. The van der Waals surface area contributed by atoms with Crippen LogP contribution in [0.15, 0.2) is 30.5 Å². The lowest BCUT2D eigenvalue weighted by Crippen LogP contribution is -2.20. The van der Waals surface area contributed by atoms with E-state index in [1.165, 1.54) is 12.8 Å². The normalized spacial score (nSPS) is 12.3. The van der Waals surface area contributed by atoms with E-state index in [-0.39, 0.29) is 0 Å². The van der Waals surface area contributed by atoms with Gasteiger partial charge >= 0.3 is 0 Å². The van der Waals surface area contributed by atoms with Crippen molar-refractivity contribution < 1.29 is 4.74 Å². The first-order chi connectivity index (χ1) is 10.7. The maximum atomic E-state index is 6.12. The molecule has 22 heavy (non-hydrogen) atoms. The standard InChI is InChI=1S/C18H27N3O/c1-3-4-8-15(19)9-6-10-20-17-13-16(22-2)12-14-7-5-11-21-18(14)17/h5,7,11-13,15,20H,3-4,6,8-10,19H2,1-2H3/t15-/m1/s1. The van der Waals surface area contributed by atoms with E-state index < -0.39 is 0 Å². The summed E-state index contributed by atoms with van der Waals surface area (Å²) in [6.45, 7) is 3.11. The van der Waals surface area contributed by atoms with Crippen LogP contribution < -0.4 is 15.8 Å². The van der Waals surface area contributed by atoms with Crippen LogP contribution in [0.5, 0.6) is 5.75 Å². The quantitative estimate of drug-likeness (QED) is 0.688. The Morgan fingerprint density at radius 1 is 1.27 bits per heavy atom. The molecule has 3 N–H and O–H groups in total. The number of nitrogens with one attached hydrogen (secondary N) is 1. The first-order valence-corrected chi connectivity index (χ1v) is 8.16. The molecule has 0 amide bonds. The summed E-state index contributed by atoms with van der Waals surface area (Å²) in [7, 11) is 1.69. The Morgan fingerprint density at radius 3 is 2.86 bits per heavy atom. The van der Waals surface area contributed by atoms with Crippen molar-refractivity contribution in [3.8, 4) is 5.75 Å². The number of nitrogens with two attached hydrogens (primary N) is 1. The summed E-state index contributed by atoms with van der Waals surface area (Å²) in [6, 6.07) is 8.33. The summed E-state index contributed by atoms with van der Waals surface area (Å²) in [5.41, 5.74) is 8.13. The zero-order chi connectivity index (χ0) is 15.8. The van der Waals surface area contributed by atoms with Crippen molar-refractivity contribution in [2.24, 2.45) is 5.73 Å². The van der Waals surface area contributed by atoms with Gasteiger partial charge in [0.1, 0.15) is 5.75 Å². The van der Waals surface area contributed by atoms with Crippen LogP contribution in [-0.2, 0) is 0 Å². The first-order valence-electron chi connectivity index (χ1n) is 8.16. The highest BCUT2D eigenvalue weighted by Crippen LogP contribution is 2.27. The summed E-state index contributed by atoms with van der Waals surface area (Å²) in [4.78, 5) is 4.47. The minimum absolute atomic E-state index is 0.321. The monoisotopic (exact) mass is 301 g/mol. The number of nitrogens with zero attached hydrogens (tertiary/aromatic N) is 1. The van der Waals surface area contributed by atoms with Gasteiger partial charge in [-0.2, -0.15) is 0 Å². The fraction of sp³-hybridized carbons (Fsp3) is 0.500. The van der Waals surface area contributed by atoms with Gasteiger partial charge in [0.2, 0.25) is 0 Å². The first kappa shape index (κ1) is 16.6. The molecule has 0 saturated carbocycles. The molecule has 1 aromatic heterocycles.